The van der Waals surface area contributed by atoms with E-state index in [0.29, 0.717) is 10.7 Å². The predicted molar refractivity (Wildman–Crippen MR) is 95.7 cm³/mol. The molecule has 7 nitrogen and oxygen atoms in total. The van der Waals surface area contributed by atoms with E-state index in [0.717, 1.165) is 60.4 Å². The highest BCUT2D eigenvalue weighted by Crippen LogP contribution is 2.33. The molecule has 0 radical (unpaired) electrons. The van der Waals surface area contributed by atoms with Gasteiger partial charge in [0, 0.05) is 41.6 Å². The van der Waals surface area contributed by atoms with Gasteiger partial charge in [-0.05, 0) is 31.2 Å². The van der Waals surface area contributed by atoms with Crippen LogP contribution >= 0.6 is 11.5 Å². The van der Waals surface area contributed by atoms with Gasteiger partial charge in [-0.25, -0.2) is 15.0 Å². The van der Waals surface area contributed by atoms with Crippen molar-refractivity contribution < 1.29 is 4.79 Å². The molecule has 0 fully saturated rings. The van der Waals surface area contributed by atoms with Gasteiger partial charge in [-0.15, -0.1) is 0 Å². The quantitative estimate of drug-likeness (QED) is 0.751. The van der Waals surface area contributed by atoms with E-state index in [-0.39, 0.29) is 5.91 Å². The van der Waals surface area contributed by atoms with Crippen LogP contribution in [0.15, 0.2) is 18.7 Å². The number of carbonyl (C=O) groups is 1. The van der Waals surface area contributed by atoms with Crippen LogP contribution < -0.4 is 5.32 Å². The summed E-state index contributed by atoms with van der Waals surface area (Å²) in [7, 11) is 0. The first-order chi connectivity index (χ1) is 12.3. The van der Waals surface area contributed by atoms with E-state index in [9.17, 15) is 4.79 Å². The van der Waals surface area contributed by atoms with Crippen LogP contribution in [-0.2, 0) is 19.3 Å². The Morgan fingerprint density at radius 3 is 3.20 bits per heavy atom. The second-order valence-corrected chi connectivity index (χ2v) is 6.78. The maximum Gasteiger partial charge on any atom is 0.259 e. The van der Waals surface area contributed by atoms with Crippen LogP contribution in [0.1, 0.15) is 47.2 Å². The van der Waals surface area contributed by atoms with Crippen molar-refractivity contribution in [1.29, 1.82) is 0 Å². The zero-order valence-corrected chi connectivity index (χ0v) is 14.7. The predicted octanol–water partition coefficient (Wildman–Crippen LogP) is 3.02. The van der Waals surface area contributed by atoms with Gasteiger partial charge in [0.25, 0.3) is 5.91 Å². The second kappa shape index (κ2) is 6.72. The Balaban J connectivity index is 1.66. The zero-order chi connectivity index (χ0) is 17.2. The number of hydrogen-bond donors (Lipinski definition) is 2. The van der Waals surface area contributed by atoms with Crippen molar-refractivity contribution >= 4 is 22.6 Å². The van der Waals surface area contributed by atoms with Crippen LogP contribution in [0.3, 0.4) is 0 Å². The van der Waals surface area contributed by atoms with Crippen LogP contribution in [0.25, 0.3) is 11.3 Å². The third-order valence-corrected chi connectivity index (χ3v) is 4.93. The highest BCUT2D eigenvalue weighted by atomic mass is 32.1. The molecule has 0 unspecified atom stereocenters. The van der Waals surface area contributed by atoms with Gasteiger partial charge in [-0.2, -0.15) is 4.37 Å². The molecule has 3 heterocycles. The summed E-state index contributed by atoms with van der Waals surface area (Å²) in [6.45, 7) is 2.08. The molecule has 0 saturated carbocycles. The molecule has 0 aromatic carbocycles. The molecular weight excluding hydrogens is 336 g/mol. The number of aryl methyl sites for hydroxylation is 3. The number of hydrogen-bond acceptors (Lipinski definition) is 6. The van der Waals surface area contributed by atoms with Crippen molar-refractivity contribution in [1.82, 2.24) is 24.3 Å². The highest BCUT2D eigenvalue weighted by molar-refractivity contribution is 7.09. The van der Waals surface area contributed by atoms with E-state index in [4.69, 9.17) is 0 Å². The summed E-state index contributed by atoms with van der Waals surface area (Å²) in [4.78, 5) is 29.0. The number of aromatic nitrogens is 5. The van der Waals surface area contributed by atoms with Gasteiger partial charge in [0.15, 0.2) is 0 Å². The number of nitrogens with zero attached hydrogens (tertiary/aromatic N) is 4. The van der Waals surface area contributed by atoms with E-state index in [1.54, 1.807) is 6.20 Å². The molecular formula is C17H18N6OS. The van der Waals surface area contributed by atoms with Crippen LogP contribution in [0.5, 0.6) is 0 Å². The van der Waals surface area contributed by atoms with Crippen LogP contribution in [0.2, 0.25) is 0 Å². The molecule has 1 amide bonds. The Morgan fingerprint density at radius 1 is 1.40 bits per heavy atom. The molecule has 4 rings (SSSR count). The van der Waals surface area contributed by atoms with Gasteiger partial charge < -0.3 is 4.98 Å². The number of amides is 1. The molecule has 25 heavy (non-hydrogen) atoms. The molecule has 128 valence electrons. The summed E-state index contributed by atoms with van der Waals surface area (Å²) in [5.74, 6) is 0.581. The Kier molecular flexibility index (Phi) is 4.27. The first-order valence-electron chi connectivity index (χ1n) is 8.39. The molecule has 2 N–H and O–H groups in total. The lowest BCUT2D eigenvalue weighted by molar-refractivity contribution is 0.102. The van der Waals surface area contributed by atoms with E-state index in [2.05, 4.69) is 36.5 Å². The number of nitrogens with one attached hydrogen (secondary N) is 2. The van der Waals surface area contributed by atoms with Crippen LogP contribution in [0, 0.1) is 0 Å². The van der Waals surface area contributed by atoms with Crippen molar-refractivity contribution in [2.75, 3.05) is 5.32 Å². The van der Waals surface area contributed by atoms with E-state index in [1.165, 1.54) is 17.9 Å². The van der Waals surface area contributed by atoms with Gasteiger partial charge >= 0.3 is 0 Å². The van der Waals surface area contributed by atoms with Crippen molar-refractivity contribution in [3.8, 4) is 11.3 Å². The molecule has 0 aliphatic heterocycles. The largest absolute Gasteiger partial charge is 0.364 e. The number of H-pyrrole nitrogens is 1. The smallest absolute Gasteiger partial charge is 0.259 e. The summed E-state index contributed by atoms with van der Waals surface area (Å²) in [6.07, 6.45) is 9.73. The third-order valence-electron chi connectivity index (χ3n) is 4.27. The lowest BCUT2D eigenvalue weighted by Crippen LogP contribution is -2.12. The average Bonchev–Trinajstić information content (AvgIpc) is 3.18. The summed E-state index contributed by atoms with van der Waals surface area (Å²) >= 11 is 1.21. The fraction of sp³-hybridized carbons (Fsp3) is 0.353. The number of carbonyl (C=O) groups excluding carboxylic acids is 1. The molecule has 0 atom stereocenters. The maximum absolute atomic E-state index is 12.8. The van der Waals surface area contributed by atoms with E-state index < -0.39 is 0 Å². The van der Waals surface area contributed by atoms with Crippen molar-refractivity contribution in [2.45, 2.75) is 39.0 Å². The Morgan fingerprint density at radius 2 is 2.32 bits per heavy atom. The lowest BCUT2D eigenvalue weighted by atomic mass is 10.0. The number of anilines is 1. The minimum atomic E-state index is -0.192. The second-order valence-electron chi connectivity index (χ2n) is 6.03. The lowest BCUT2D eigenvalue weighted by Gasteiger charge is -2.07. The van der Waals surface area contributed by atoms with Gasteiger partial charge in [0.05, 0.1) is 11.3 Å². The van der Waals surface area contributed by atoms with Gasteiger partial charge in [-0.1, -0.05) is 6.92 Å². The van der Waals surface area contributed by atoms with E-state index in [1.807, 2.05) is 6.20 Å². The molecule has 0 saturated heterocycles. The monoisotopic (exact) mass is 354 g/mol. The SMILES string of the molecule is CCCc1nsc(NC(=O)c2c[nH]c3c2-c2ncncc2CCC3)n1. The Bertz CT molecular complexity index is 916. The van der Waals surface area contributed by atoms with Crippen molar-refractivity contribution in [3.63, 3.8) is 0 Å². The van der Waals surface area contributed by atoms with Crippen molar-refractivity contribution in [3.05, 3.63) is 41.4 Å². The molecule has 1 aliphatic rings. The number of rotatable bonds is 4. The summed E-state index contributed by atoms with van der Waals surface area (Å²) in [5.41, 5.74) is 4.44. The summed E-state index contributed by atoms with van der Waals surface area (Å²) in [5, 5.41) is 3.39. The normalized spacial score (nSPS) is 13.0. The van der Waals surface area contributed by atoms with E-state index >= 15 is 0 Å². The Hall–Kier alpha value is -2.61. The third kappa shape index (κ3) is 3.05. The van der Waals surface area contributed by atoms with Gasteiger partial charge in [0.2, 0.25) is 5.13 Å². The number of aromatic amines is 1. The topological polar surface area (TPSA) is 96.5 Å². The number of fused-ring (bicyclic) bond motifs is 3. The van der Waals surface area contributed by atoms with Crippen molar-refractivity contribution in [2.24, 2.45) is 0 Å². The molecule has 3 aromatic rings. The fourth-order valence-electron chi connectivity index (χ4n) is 3.13. The van der Waals surface area contributed by atoms with Crippen LogP contribution in [0.4, 0.5) is 5.13 Å². The minimum Gasteiger partial charge on any atom is -0.364 e. The van der Waals surface area contributed by atoms with Crippen LogP contribution in [-0.4, -0.2) is 30.2 Å². The molecule has 0 spiro atoms. The molecule has 3 aromatic heterocycles. The van der Waals surface area contributed by atoms with Gasteiger partial charge in [-0.3, -0.25) is 10.1 Å². The summed E-state index contributed by atoms with van der Waals surface area (Å²) < 4.78 is 4.27. The van der Waals surface area contributed by atoms with Gasteiger partial charge in [0.1, 0.15) is 12.2 Å². The molecule has 8 heteroatoms. The average molecular weight is 354 g/mol. The molecule has 0 bridgehead atoms. The first kappa shape index (κ1) is 15.9. The fourth-order valence-corrected chi connectivity index (χ4v) is 3.74. The standard InChI is InChI=1S/C17H18N6OS/c1-2-4-13-21-17(25-23-13)22-16(24)11-8-19-12-6-3-5-10-7-18-9-20-15(10)14(11)12/h7-9,19H,2-6H2,1H3,(H,21,22,23,24). The zero-order valence-electron chi connectivity index (χ0n) is 13.9. The maximum atomic E-state index is 12.8. The first-order valence-corrected chi connectivity index (χ1v) is 9.17. The minimum absolute atomic E-state index is 0.192. The Labute approximate surface area is 149 Å². The highest BCUT2D eigenvalue weighted by Gasteiger charge is 2.24. The molecule has 1 aliphatic carbocycles. The summed E-state index contributed by atoms with van der Waals surface area (Å²) in [6, 6.07) is 0.